The van der Waals surface area contributed by atoms with Gasteiger partial charge in [-0.1, -0.05) is 29.3 Å². The summed E-state index contributed by atoms with van der Waals surface area (Å²) in [7, 11) is 1.22. The number of hydrogen-bond acceptors (Lipinski definition) is 4. The number of amides is 1. The van der Waals surface area contributed by atoms with Crippen molar-refractivity contribution >= 4 is 35.3 Å². The summed E-state index contributed by atoms with van der Waals surface area (Å²) in [4.78, 5) is 35.4. The van der Waals surface area contributed by atoms with E-state index in [9.17, 15) is 19.5 Å². The molecule has 2 N–H and O–H groups in total. The minimum Gasteiger partial charge on any atom is -0.477 e. The summed E-state index contributed by atoms with van der Waals surface area (Å²) in [5.74, 6) is -1.36. The van der Waals surface area contributed by atoms with Crippen molar-refractivity contribution in [3.63, 3.8) is 0 Å². The Morgan fingerprint density at radius 2 is 1.92 bits per heavy atom. The molecule has 0 radical (unpaired) electrons. The van der Waals surface area contributed by atoms with Gasteiger partial charge in [-0.05, 0) is 19.1 Å². The first kappa shape index (κ1) is 19.8. The average molecular weight is 399 g/mol. The van der Waals surface area contributed by atoms with Crippen LogP contribution in [-0.2, 0) is 17.8 Å². The van der Waals surface area contributed by atoms with E-state index in [4.69, 9.17) is 23.2 Å². The quantitative estimate of drug-likeness (QED) is 0.803. The van der Waals surface area contributed by atoms with Gasteiger partial charge in [-0.2, -0.15) is 0 Å². The molecule has 0 aliphatic carbocycles. The molecule has 0 atom stereocenters. The zero-order chi connectivity index (χ0) is 19.4. The first-order valence-electron chi connectivity index (χ1n) is 7.57. The number of ether oxygens (including phenoxy) is 1. The lowest BCUT2D eigenvalue weighted by Crippen LogP contribution is -2.28. The van der Waals surface area contributed by atoms with Crippen molar-refractivity contribution in [2.45, 2.75) is 20.0 Å². The highest BCUT2D eigenvalue weighted by Crippen LogP contribution is 2.30. The fraction of sp³-hybridized carbons (Fsp3) is 0.235. The molecule has 0 fully saturated rings. The van der Waals surface area contributed by atoms with Crippen molar-refractivity contribution in [1.82, 2.24) is 9.88 Å². The number of halogens is 2. The van der Waals surface area contributed by atoms with E-state index in [1.807, 2.05) is 0 Å². The Morgan fingerprint density at radius 3 is 2.46 bits per heavy atom. The van der Waals surface area contributed by atoms with Crippen LogP contribution in [0.25, 0.3) is 11.3 Å². The number of rotatable bonds is 5. The molecule has 1 amide bonds. The van der Waals surface area contributed by atoms with Crippen LogP contribution in [0, 0.1) is 0 Å². The molecule has 138 valence electrons. The van der Waals surface area contributed by atoms with Crippen LogP contribution in [0.3, 0.4) is 0 Å². The van der Waals surface area contributed by atoms with Crippen molar-refractivity contribution in [1.29, 1.82) is 0 Å². The normalized spacial score (nSPS) is 10.5. The van der Waals surface area contributed by atoms with Crippen LogP contribution in [-0.4, -0.2) is 28.8 Å². The molecular weight excluding hydrogens is 383 g/mol. The maximum atomic E-state index is 12.4. The van der Waals surface area contributed by atoms with Gasteiger partial charge in [-0.3, -0.25) is 4.79 Å². The van der Waals surface area contributed by atoms with E-state index in [1.54, 1.807) is 17.6 Å². The van der Waals surface area contributed by atoms with Gasteiger partial charge in [0.15, 0.2) is 5.43 Å². The number of alkyl carbamates (subject to hydrolysis) is 1. The third-order valence-electron chi connectivity index (χ3n) is 3.72. The van der Waals surface area contributed by atoms with Crippen molar-refractivity contribution in [2.24, 2.45) is 0 Å². The highest BCUT2D eigenvalue weighted by Gasteiger charge is 2.22. The summed E-state index contributed by atoms with van der Waals surface area (Å²) in [5, 5.41) is 12.6. The number of aromatic carboxylic acids is 1. The lowest BCUT2D eigenvalue weighted by atomic mass is 10.0. The number of carbonyl (C=O) groups excluding carboxylic acids is 1. The second-order valence-corrected chi connectivity index (χ2v) is 6.06. The molecule has 0 aliphatic heterocycles. The van der Waals surface area contributed by atoms with Gasteiger partial charge >= 0.3 is 12.1 Å². The van der Waals surface area contributed by atoms with Gasteiger partial charge < -0.3 is 19.7 Å². The first-order valence-corrected chi connectivity index (χ1v) is 8.33. The van der Waals surface area contributed by atoms with E-state index in [1.165, 1.54) is 25.3 Å². The molecule has 1 aromatic carbocycles. The molecule has 7 nitrogen and oxygen atoms in total. The Hall–Kier alpha value is -2.51. The second-order valence-electron chi connectivity index (χ2n) is 5.25. The number of hydrogen-bond donors (Lipinski definition) is 2. The van der Waals surface area contributed by atoms with E-state index < -0.39 is 17.5 Å². The number of pyridine rings is 1. The number of benzene rings is 1. The first-order chi connectivity index (χ1) is 12.3. The highest BCUT2D eigenvalue weighted by molar-refractivity contribution is 6.42. The predicted molar refractivity (Wildman–Crippen MR) is 98.0 cm³/mol. The van der Waals surface area contributed by atoms with E-state index in [0.717, 1.165) is 0 Å². The number of carboxylic acids is 1. The van der Waals surface area contributed by atoms with Crippen LogP contribution in [0.5, 0.6) is 0 Å². The van der Waals surface area contributed by atoms with Gasteiger partial charge in [0.2, 0.25) is 0 Å². The minimum atomic E-state index is -1.36. The molecule has 26 heavy (non-hydrogen) atoms. The molecule has 2 aromatic rings. The summed E-state index contributed by atoms with van der Waals surface area (Å²) < 4.78 is 6.14. The van der Waals surface area contributed by atoms with E-state index in [0.29, 0.717) is 22.8 Å². The molecule has 0 saturated carbocycles. The van der Waals surface area contributed by atoms with Gasteiger partial charge in [-0.25, -0.2) is 9.59 Å². The van der Waals surface area contributed by atoms with Crippen molar-refractivity contribution in [2.75, 3.05) is 7.11 Å². The third kappa shape index (κ3) is 4.00. The largest absolute Gasteiger partial charge is 0.477 e. The van der Waals surface area contributed by atoms with Gasteiger partial charge in [0.25, 0.3) is 0 Å². The topological polar surface area (TPSA) is 97.6 Å². The van der Waals surface area contributed by atoms with E-state index >= 15 is 0 Å². The lowest BCUT2D eigenvalue weighted by Gasteiger charge is -2.20. The minimum absolute atomic E-state index is 0.00995. The van der Waals surface area contributed by atoms with Crippen LogP contribution in [0.15, 0.2) is 29.1 Å². The highest BCUT2D eigenvalue weighted by atomic mass is 35.5. The van der Waals surface area contributed by atoms with Crippen LogP contribution in [0.1, 0.15) is 23.0 Å². The molecule has 9 heteroatoms. The number of nitrogens with one attached hydrogen (secondary N) is 1. The molecule has 0 aliphatic rings. The van der Waals surface area contributed by atoms with Crippen LogP contribution in [0.4, 0.5) is 4.79 Å². The Labute approximate surface area is 159 Å². The van der Waals surface area contributed by atoms with E-state index in [2.05, 4.69) is 10.1 Å². The lowest BCUT2D eigenvalue weighted by molar-refractivity contribution is 0.0695. The number of methoxy groups -OCH3 is 1. The summed E-state index contributed by atoms with van der Waals surface area (Å²) in [6.45, 7) is 2.14. The predicted octanol–water partition coefficient (Wildman–Crippen LogP) is 3.40. The molecular formula is C17H16Cl2N2O5. The average Bonchev–Trinajstić information content (AvgIpc) is 2.60. The third-order valence-corrected chi connectivity index (χ3v) is 4.46. The molecule has 0 bridgehead atoms. The summed E-state index contributed by atoms with van der Waals surface area (Å²) in [5.41, 5.74) is -0.0191. The number of aromatic nitrogens is 1. The van der Waals surface area contributed by atoms with E-state index in [-0.39, 0.29) is 22.8 Å². The van der Waals surface area contributed by atoms with Crippen LogP contribution in [0.2, 0.25) is 10.0 Å². The molecule has 2 rings (SSSR count). The van der Waals surface area contributed by atoms with Gasteiger partial charge in [0.05, 0.1) is 29.4 Å². The smallest absolute Gasteiger partial charge is 0.407 e. The molecule has 1 heterocycles. The van der Waals surface area contributed by atoms with Crippen molar-refractivity contribution in [3.05, 3.63) is 55.8 Å². The molecule has 1 aromatic heterocycles. The Balaban J connectivity index is 2.74. The zero-order valence-corrected chi connectivity index (χ0v) is 15.5. The molecule has 0 unspecified atom stereocenters. The number of nitrogens with zero attached hydrogens (tertiary/aromatic N) is 1. The standard InChI is InChI=1S/C17H16Cl2N2O5/c1-3-21-10(8-20-17(25)26-2)7-13(22)14(16(23)24)15(21)9-4-5-11(18)12(19)6-9/h4-7H,3,8H2,1-2H3,(H,20,25)(H,23,24). The maximum Gasteiger partial charge on any atom is 0.407 e. The summed E-state index contributed by atoms with van der Waals surface area (Å²) >= 11 is 12.0. The van der Waals surface area contributed by atoms with Gasteiger partial charge in [-0.15, -0.1) is 0 Å². The monoisotopic (exact) mass is 398 g/mol. The molecule has 0 saturated heterocycles. The van der Waals surface area contributed by atoms with Crippen LogP contribution < -0.4 is 10.7 Å². The van der Waals surface area contributed by atoms with Crippen molar-refractivity contribution in [3.8, 4) is 11.3 Å². The fourth-order valence-electron chi connectivity index (χ4n) is 2.59. The van der Waals surface area contributed by atoms with Gasteiger partial charge in [0, 0.05) is 23.9 Å². The number of carbonyl (C=O) groups is 2. The summed E-state index contributed by atoms with van der Waals surface area (Å²) in [6, 6.07) is 5.78. The van der Waals surface area contributed by atoms with Crippen molar-refractivity contribution < 1.29 is 19.4 Å². The Bertz CT molecular complexity index is 924. The summed E-state index contributed by atoms with van der Waals surface area (Å²) in [6.07, 6.45) is -0.668. The SMILES string of the molecule is CCn1c(CNC(=O)OC)cc(=O)c(C(=O)O)c1-c1ccc(Cl)c(Cl)c1. The van der Waals surface area contributed by atoms with Crippen LogP contribution >= 0.6 is 23.2 Å². The zero-order valence-electron chi connectivity index (χ0n) is 14.0. The Kier molecular flexibility index (Phi) is 6.28. The van der Waals surface area contributed by atoms with Gasteiger partial charge in [0.1, 0.15) is 5.56 Å². The maximum absolute atomic E-state index is 12.4. The Morgan fingerprint density at radius 1 is 1.23 bits per heavy atom. The second kappa shape index (κ2) is 8.25. The number of carboxylic acid groups (broad SMARTS) is 1. The fourth-order valence-corrected chi connectivity index (χ4v) is 2.89. The molecule has 0 spiro atoms.